The van der Waals surface area contributed by atoms with Crippen molar-refractivity contribution in [3.05, 3.63) is 33.2 Å². The van der Waals surface area contributed by atoms with Crippen LogP contribution in [0.1, 0.15) is 13.8 Å². The molecule has 5 heteroatoms. The van der Waals surface area contributed by atoms with Crippen LogP contribution in [0.15, 0.2) is 27.6 Å². The Morgan fingerprint density at radius 3 is 2.75 bits per heavy atom. The minimum Gasteiger partial charge on any atom is -0.342 e. The Labute approximate surface area is 103 Å². The third-order valence-electron chi connectivity index (χ3n) is 2.45. The quantitative estimate of drug-likeness (QED) is 0.845. The minimum atomic E-state index is -0.187. The predicted molar refractivity (Wildman–Crippen MR) is 66.3 cm³/mol. The summed E-state index contributed by atoms with van der Waals surface area (Å²) in [5.74, 6) is -0.0739. The molecule has 0 fully saturated rings. The monoisotopic (exact) mass is 286 g/mol. The molecule has 1 amide bonds. The van der Waals surface area contributed by atoms with Crippen molar-refractivity contribution in [3.8, 4) is 0 Å². The van der Waals surface area contributed by atoms with E-state index in [9.17, 15) is 9.59 Å². The van der Waals surface area contributed by atoms with Crippen molar-refractivity contribution < 1.29 is 4.79 Å². The smallest absolute Gasteiger partial charge is 0.265 e. The van der Waals surface area contributed by atoms with Crippen LogP contribution < -0.4 is 5.56 Å². The van der Waals surface area contributed by atoms with E-state index >= 15 is 0 Å². The molecule has 16 heavy (non-hydrogen) atoms. The van der Waals surface area contributed by atoms with Crippen LogP contribution in [-0.2, 0) is 11.3 Å². The highest BCUT2D eigenvalue weighted by Crippen LogP contribution is 2.02. The summed E-state index contributed by atoms with van der Waals surface area (Å²) in [7, 11) is 1.73. The molecule has 0 aromatic carbocycles. The Kier molecular flexibility index (Phi) is 4.29. The van der Waals surface area contributed by atoms with Gasteiger partial charge in [0.15, 0.2) is 0 Å². The number of hydrogen-bond acceptors (Lipinski definition) is 2. The molecule has 0 aliphatic rings. The third-order valence-corrected chi connectivity index (χ3v) is 3.05. The van der Waals surface area contributed by atoms with Gasteiger partial charge in [-0.1, -0.05) is 0 Å². The van der Waals surface area contributed by atoms with Gasteiger partial charge in [-0.2, -0.15) is 0 Å². The van der Waals surface area contributed by atoms with E-state index in [-0.39, 0.29) is 24.1 Å². The number of rotatable bonds is 3. The molecule has 0 aliphatic heterocycles. The van der Waals surface area contributed by atoms with Crippen LogP contribution in [-0.4, -0.2) is 28.5 Å². The van der Waals surface area contributed by atoms with E-state index in [4.69, 9.17) is 0 Å². The first-order chi connectivity index (χ1) is 7.43. The maximum atomic E-state index is 11.8. The molecule has 0 radical (unpaired) electrons. The number of hydrogen-bond donors (Lipinski definition) is 0. The van der Waals surface area contributed by atoms with E-state index in [2.05, 4.69) is 15.9 Å². The lowest BCUT2D eigenvalue weighted by Gasteiger charge is -2.21. The van der Waals surface area contributed by atoms with Crippen molar-refractivity contribution in [2.75, 3.05) is 7.05 Å². The van der Waals surface area contributed by atoms with Crippen molar-refractivity contribution in [2.45, 2.75) is 26.4 Å². The van der Waals surface area contributed by atoms with Gasteiger partial charge >= 0.3 is 0 Å². The van der Waals surface area contributed by atoms with E-state index in [0.717, 1.165) is 0 Å². The van der Waals surface area contributed by atoms with Crippen molar-refractivity contribution in [1.82, 2.24) is 9.47 Å². The summed E-state index contributed by atoms with van der Waals surface area (Å²) in [6.07, 6.45) is 1.61. The van der Waals surface area contributed by atoms with E-state index in [1.807, 2.05) is 13.8 Å². The van der Waals surface area contributed by atoms with Gasteiger partial charge in [0.2, 0.25) is 5.91 Å². The molecule has 0 saturated heterocycles. The average Bonchev–Trinajstić information content (AvgIpc) is 2.23. The second-order valence-corrected chi connectivity index (χ2v) is 4.74. The van der Waals surface area contributed by atoms with Crippen molar-refractivity contribution >= 4 is 21.8 Å². The Morgan fingerprint density at radius 1 is 1.56 bits per heavy atom. The number of likely N-dealkylation sites (N-methyl/N-ethyl adjacent to an activating group) is 1. The normalized spacial score (nSPS) is 10.6. The molecular weight excluding hydrogens is 272 g/mol. The van der Waals surface area contributed by atoms with Crippen LogP contribution in [0.5, 0.6) is 0 Å². The molecule has 4 nitrogen and oxygen atoms in total. The van der Waals surface area contributed by atoms with Crippen molar-refractivity contribution in [2.24, 2.45) is 0 Å². The van der Waals surface area contributed by atoms with Gasteiger partial charge in [-0.25, -0.2) is 0 Å². The van der Waals surface area contributed by atoms with Gasteiger partial charge in [0.25, 0.3) is 5.56 Å². The van der Waals surface area contributed by atoms with E-state index < -0.39 is 0 Å². The number of halogens is 1. The van der Waals surface area contributed by atoms with E-state index in [1.165, 1.54) is 4.57 Å². The average molecular weight is 287 g/mol. The van der Waals surface area contributed by atoms with Gasteiger partial charge in [-0.3, -0.25) is 9.59 Å². The molecular formula is C11H15BrN2O2. The van der Waals surface area contributed by atoms with Gasteiger partial charge in [-0.05, 0) is 41.9 Å². The molecule has 1 aromatic heterocycles. The van der Waals surface area contributed by atoms with E-state index in [1.54, 1.807) is 30.3 Å². The van der Waals surface area contributed by atoms with Gasteiger partial charge in [0.05, 0.1) is 4.47 Å². The summed E-state index contributed by atoms with van der Waals surface area (Å²) in [5, 5.41) is 0. The molecule has 0 saturated carbocycles. The molecule has 0 bridgehead atoms. The number of amides is 1. The summed E-state index contributed by atoms with van der Waals surface area (Å²) in [4.78, 5) is 25.0. The molecule has 0 N–H and O–H groups in total. The highest BCUT2D eigenvalue weighted by Gasteiger charge is 2.13. The van der Waals surface area contributed by atoms with Gasteiger partial charge in [-0.15, -0.1) is 0 Å². The number of pyridine rings is 1. The highest BCUT2D eigenvalue weighted by molar-refractivity contribution is 9.10. The number of nitrogens with zero attached hydrogens (tertiary/aromatic N) is 2. The van der Waals surface area contributed by atoms with Gasteiger partial charge in [0.1, 0.15) is 6.54 Å². The summed E-state index contributed by atoms with van der Waals surface area (Å²) >= 11 is 3.14. The number of carbonyl (C=O) groups is 1. The van der Waals surface area contributed by atoms with Crippen LogP contribution in [0.3, 0.4) is 0 Å². The predicted octanol–water partition coefficient (Wildman–Crippen LogP) is 1.48. The Hall–Kier alpha value is -1.10. The molecule has 1 heterocycles. The SMILES string of the molecule is CC(C)N(C)C(=O)Cn1cccc(Br)c1=O. The lowest BCUT2D eigenvalue weighted by atomic mass is 10.3. The zero-order valence-electron chi connectivity index (χ0n) is 9.61. The fraction of sp³-hybridized carbons (Fsp3) is 0.455. The van der Waals surface area contributed by atoms with E-state index in [0.29, 0.717) is 4.47 Å². The van der Waals surface area contributed by atoms with Crippen molar-refractivity contribution in [1.29, 1.82) is 0 Å². The zero-order valence-corrected chi connectivity index (χ0v) is 11.2. The summed E-state index contributed by atoms with van der Waals surface area (Å²) in [6, 6.07) is 3.53. The van der Waals surface area contributed by atoms with Crippen molar-refractivity contribution in [3.63, 3.8) is 0 Å². The lowest BCUT2D eigenvalue weighted by molar-refractivity contribution is -0.132. The molecule has 0 unspecified atom stereocenters. The van der Waals surface area contributed by atoms with Crippen LogP contribution in [0.25, 0.3) is 0 Å². The molecule has 88 valence electrons. The Balaban J connectivity index is 2.86. The number of aromatic nitrogens is 1. The number of carbonyl (C=O) groups excluding carboxylic acids is 1. The lowest BCUT2D eigenvalue weighted by Crippen LogP contribution is -2.37. The Bertz CT molecular complexity index is 440. The second kappa shape index (κ2) is 5.30. The summed E-state index contributed by atoms with van der Waals surface area (Å²) in [5.41, 5.74) is -0.187. The molecule has 0 spiro atoms. The first-order valence-electron chi connectivity index (χ1n) is 5.04. The molecule has 0 atom stereocenters. The fourth-order valence-corrected chi connectivity index (χ4v) is 1.56. The fourth-order valence-electron chi connectivity index (χ4n) is 1.18. The second-order valence-electron chi connectivity index (χ2n) is 3.89. The highest BCUT2D eigenvalue weighted by atomic mass is 79.9. The molecule has 1 rings (SSSR count). The minimum absolute atomic E-state index is 0.0739. The molecule has 0 aliphatic carbocycles. The van der Waals surface area contributed by atoms with Crippen LogP contribution >= 0.6 is 15.9 Å². The first-order valence-corrected chi connectivity index (χ1v) is 5.83. The largest absolute Gasteiger partial charge is 0.342 e. The summed E-state index contributed by atoms with van der Waals surface area (Å²) in [6.45, 7) is 3.94. The van der Waals surface area contributed by atoms with Crippen LogP contribution in [0.4, 0.5) is 0 Å². The van der Waals surface area contributed by atoms with Gasteiger partial charge < -0.3 is 9.47 Å². The molecule has 1 aromatic rings. The summed E-state index contributed by atoms with van der Waals surface area (Å²) < 4.78 is 1.86. The van der Waals surface area contributed by atoms with Gasteiger partial charge in [0, 0.05) is 19.3 Å². The standard InChI is InChI=1S/C11H15BrN2O2/c1-8(2)13(3)10(15)7-14-6-4-5-9(12)11(14)16/h4-6,8H,7H2,1-3H3. The maximum Gasteiger partial charge on any atom is 0.265 e. The third kappa shape index (κ3) is 2.95. The topological polar surface area (TPSA) is 42.3 Å². The van der Waals surface area contributed by atoms with Crippen LogP contribution in [0, 0.1) is 0 Å². The maximum absolute atomic E-state index is 11.8. The Morgan fingerprint density at radius 2 is 2.19 bits per heavy atom. The zero-order chi connectivity index (χ0) is 12.3. The first kappa shape index (κ1) is 13.0. The van der Waals surface area contributed by atoms with Crippen LogP contribution in [0.2, 0.25) is 0 Å².